The van der Waals surface area contributed by atoms with E-state index in [4.69, 9.17) is 15.3 Å². The van der Waals surface area contributed by atoms with Crippen molar-refractivity contribution in [3.05, 3.63) is 0 Å². The van der Waals surface area contributed by atoms with Crippen LogP contribution in [-0.4, -0.2) is 74.0 Å². The maximum atomic E-state index is 11.3. The van der Waals surface area contributed by atoms with Crippen molar-refractivity contribution in [1.29, 1.82) is 0 Å². The van der Waals surface area contributed by atoms with Crippen LogP contribution in [0.15, 0.2) is 0 Å². The number of carboxylic acids is 4. The van der Waals surface area contributed by atoms with Crippen molar-refractivity contribution in [2.24, 2.45) is 0 Å². The fourth-order valence-corrected chi connectivity index (χ4v) is 2.41. The van der Waals surface area contributed by atoms with E-state index in [-0.39, 0.29) is 56.2 Å². The maximum Gasteiger partial charge on any atom is 0.365 e. The lowest BCUT2D eigenvalue weighted by atomic mass is 10.1. The van der Waals surface area contributed by atoms with E-state index in [1.54, 1.807) is 0 Å². The average molecular weight is 403 g/mol. The minimum atomic E-state index is -1.63. The molecular formula is C10H20Cl3N2O8+. The van der Waals surface area contributed by atoms with Gasteiger partial charge >= 0.3 is 23.9 Å². The monoisotopic (exact) mass is 401 g/mol. The van der Waals surface area contributed by atoms with Gasteiger partial charge in [-0.05, 0) is 0 Å². The molecule has 0 spiro atoms. The smallest absolute Gasteiger partial charge is 0.365 e. The summed E-state index contributed by atoms with van der Waals surface area (Å²) in [4.78, 5) is 43.9. The fourth-order valence-electron chi connectivity index (χ4n) is 2.41. The molecule has 0 heterocycles. The summed E-state index contributed by atoms with van der Waals surface area (Å²) in [5.74, 6) is -5.67. The maximum absolute atomic E-state index is 11.3. The van der Waals surface area contributed by atoms with Crippen LogP contribution < -0.4 is 6.15 Å². The van der Waals surface area contributed by atoms with Gasteiger partial charge in [0.1, 0.15) is 0 Å². The number of nitrogens with zero attached hydrogens (tertiary/aromatic N) is 1. The van der Waals surface area contributed by atoms with Gasteiger partial charge in [0.2, 0.25) is 0 Å². The van der Waals surface area contributed by atoms with E-state index in [0.717, 1.165) is 0 Å². The second-order valence-corrected chi connectivity index (χ2v) is 4.64. The van der Waals surface area contributed by atoms with Gasteiger partial charge in [0.15, 0.2) is 25.2 Å². The van der Waals surface area contributed by atoms with Crippen molar-refractivity contribution in [2.75, 3.05) is 19.6 Å². The Labute approximate surface area is 149 Å². The molecule has 0 aromatic carbocycles. The van der Waals surface area contributed by atoms with Gasteiger partial charge in [0.25, 0.3) is 0 Å². The van der Waals surface area contributed by atoms with Crippen LogP contribution in [0.1, 0.15) is 12.8 Å². The van der Waals surface area contributed by atoms with Crippen molar-refractivity contribution < 1.29 is 44.1 Å². The van der Waals surface area contributed by atoms with Crippen molar-refractivity contribution in [2.45, 2.75) is 18.4 Å². The molecule has 0 aliphatic heterocycles. The molecule has 23 heavy (non-hydrogen) atoms. The van der Waals surface area contributed by atoms with E-state index >= 15 is 0 Å². The second-order valence-electron chi connectivity index (χ2n) is 4.64. The first-order valence-corrected chi connectivity index (χ1v) is 5.40. The van der Waals surface area contributed by atoms with Gasteiger partial charge in [-0.25, -0.2) is 19.2 Å². The summed E-state index contributed by atoms with van der Waals surface area (Å²) in [7, 11) is 0. The Morgan fingerprint density at radius 3 is 1.13 bits per heavy atom. The molecule has 10 nitrogen and oxygen atoms in total. The van der Waals surface area contributed by atoms with Crippen LogP contribution >= 0.6 is 37.2 Å². The summed E-state index contributed by atoms with van der Waals surface area (Å²) in [5.41, 5.74) is -1.63. The molecule has 0 atom stereocenters. The molecule has 0 radical (unpaired) electrons. The lowest BCUT2D eigenvalue weighted by Crippen LogP contribution is -2.66. The third kappa shape index (κ3) is 6.36. The molecule has 1 saturated carbocycles. The number of halogens is 3. The number of hydrogen-bond acceptors (Lipinski definition) is 5. The third-order valence-corrected chi connectivity index (χ3v) is 3.34. The highest BCUT2D eigenvalue weighted by molar-refractivity contribution is 5.86. The highest BCUT2D eigenvalue weighted by atomic mass is 35.5. The van der Waals surface area contributed by atoms with Gasteiger partial charge < -0.3 is 26.6 Å². The van der Waals surface area contributed by atoms with Crippen molar-refractivity contribution in [3.8, 4) is 0 Å². The van der Waals surface area contributed by atoms with Crippen LogP contribution in [0, 0.1) is 0 Å². The highest BCUT2D eigenvalue weighted by Crippen LogP contribution is 2.47. The van der Waals surface area contributed by atoms with E-state index in [0.29, 0.717) is 0 Å². The van der Waals surface area contributed by atoms with Crippen LogP contribution in [0.5, 0.6) is 0 Å². The average Bonchev–Trinajstić information content (AvgIpc) is 2.93. The molecule has 138 valence electrons. The van der Waals surface area contributed by atoms with Gasteiger partial charge in [-0.15, -0.1) is 37.2 Å². The quantitative estimate of drug-likeness (QED) is 0.351. The first-order chi connectivity index (χ1) is 8.65. The number of quaternary nitrogens is 1. The Kier molecular flexibility index (Phi) is 13.5. The summed E-state index contributed by atoms with van der Waals surface area (Å²) in [6, 6.07) is 0. The minimum Gasteiger partial charge on any atom is -0.477 e. The molecule has 1 rings (SSSR count). The van der Waals surface area contributed by atoms with E-state index in [1.807, 2.05) is 0 Å². The number of aliphatic carboxylic acids is 4. The molecule has 0 bridgehead atoms. The molecule has 13 heteroatoms. The molecular weight excluding hydrogens is 382 g/mol. The SMILES string of the molecule is Cl.Cl.Cl.N.O=C(O)C[N+](CC(=O)O)(CC(=O)O)C1(C(=O)O)CC1. The Bertz CT molecular complexity index is 415. The van der Waals surface area contributed by atoms with Gasteiger partial charge in [0, 0.05) is 12.8 Å². The Balaban J connectivity index is -0.000000451. The van der Waals surface area contributed by atoms with Crippen LogP contribution in [0.2, 0.25) is 0 Å². The lowest BCUT2D eigenvalue weighted by Gasteiger charge is -2.39. The van der Waals surface area contributed by atoms with Crippen LogP contribution in [0.3, 0.4) is 0 Å². The van der Waals surface area contributed by atoms with Gasteiger partial charge in [-0.3, -0.25) is 4.48 Å². The molecule has 0 aromatic heterocycles. The van der Waals surface area contributed by atoms with Crippen LogP contribution in [0.4, 0.5) is 0 Å². The summed E-state index contributed by atoms with van der Waals surface area (Å²) in [6.45, 7) is -2.57. The van der Waals surface area contributed by atoms with Gasteiger partial charge in [-0.2, -0.15) is 0 Å². The lowest BCUT2D eigenvalue weighted by molar-refractivity contribution is -0.933. The largest absolute Gasteiger partial charge is 0.477 e. The van der Waals surface area contributed by atoms with E-state index in [9.17, 15) is 24.3 Å². The third-order valence-electron chi connectivity index (χ3n) is 3.34. The van der Waals surface area contributed by atoms with Crippen LogP contribution in [-0.2, 0) is 19.2 Å². The van der Waals surface area contributed by atoms with Gasteiger partial charge in [-0.1, -0.05) is 0 Å². The minimum absolute atomic E-state index is 0. The second kappa shape index (κ2) is 10.4. The summed E-state index contributed by atoms with van der Waals surface area (Å²) in [6.07, 6.45) is 0.131. The molecule has 1 fully saturated rings. The number of carbonyl (C=O) groups is 4. The first kappa shape index (κ1) is 29.7. The molecule has 0 amide bonds. The Morgan fingerprint density at radius 2 is 1.00 bits per heavy atom. The molecule has 0 saturated heterocycles. The number of rotatable bonds is 8. The number of hydrogen-bond donors (Lipinski definition) is 5. The molecule has 1 aliphatic rings. The Morgan fingerprint density at radius 1 is 0.739 bits per heavy atom. The zero-order valence-corrected chi connectivity index (χ0v) is 14.3. The highest BCUT2D eigenvalue weighted by Gasteiger charge is 2.68. The molecule has 0 unspecified atom stereocenters. The van der Waals surface area contributed by atoms with Crippen molar-refractivity contribution in [1.82, 2.24) is 6.15 Å². The van der Waals surface area contributed by atoms with E-state index < -0.39 is 53.5 Å². The van der Waals surface area contributed by atoms with Crippen molar-refractivity contribution in [3.63, 3.8) is 0 Å². The fraction of sp³-hybridized carbons (Fsp3) is 0.600. The summed E-state index contributed by atoms with van der Waals surface area (Å²) in [5, 5.41) is 35.7. The van der Waals surface area contributed by atoms with E-state index in [2.05, 4.69) is 0 Å². The van der Waals surface area contributed by atoms with Crippen molar-refractivity contribution >= 4 is 61.1 Å². The molecule has 7 N–H and O–H groups in total. The summed E-state index contributed by atoms with van der Waals surface area (Å²) >= 11 is 0. The standard InChI is InChI=1S/C10H13NO8.3ClH.H3N/c12-6(13)3-11(4-7(14)15,5-8(16)17)10(1-2-10)9(18)19;;;;/h1-5H2,(H3-,12,13,14,15,16,17,18,19);3*1H;1H3/p+1. The molecule has 0 aromatic rings. The topological polar surface area (TPSA) is 184 Å². The van der Waals surface area contributed by atoms with Gasteiger partial charge in [0.05, 0.1) is 0 Å². The predicted molar refractivity (Wildman–Crippen MR) is 84.1 cm³/mol. The predicted octanol–water partition coefficient (Wildman–Crippen LogP) is 0.102. The van der Waals surface area contributed by atoms with E-state index in [1.165, 1.54) is 0 Å². The zero-order chi connectivity index (χ0) is 14.8. The Hall–Kier alpha value is -1.33. The van der Waals surface area contributed by atoms with Crippen LogP contribution in [0.25, 0.3) is 0 Å². The first-order valence-electron chi connectivity index (χ1n) is 5.40. The zero-order valence-electron chi connectivity index (χ0n) is 11.8. The number of carboxylic acid groups (broad SMARTS) is 4. The summed E-state index contributed by atoms with van der Waals surface area (Å²) < 4.78 is -1.01. The normalized spacial score (nSPS) is 13.7. The molecule has 1 aliphatic carbocycles.